The highest BCUT2D eigenvalue weighted by molar-refractivity contribution is 5.73. The summed E-state index contributed by atoms with van der Waals surface area (Å²) in [5.41, 5.74) is 5.49. The second-order valence-electron chi connectivity index (χ2n) is 3.05. The van der Waals surface area contributed by atoms with Crippen LogP contribution >= 0.6 is 0 Å². The zero-order valence-electron chi connectivity index (χ0n) is 9.87. The molecule has 0 aliphatic heterocycles. The molecule has 0 aliphatic carbocycles. The number of hydrogen-bond acceptors (Lipinski definition) is 4. The largest absolute Gasteiger partial charge is 0.490 e. The topological polar surface area (TPSA) is 89.6 Å². The lowest BCUT2D eigenvalue weighted by Gasteiger charge is -2.04. The highest BCUT2D eigenvalue weighted by Gasteiger charge is 2.38. The van der Waals surface area contributed by atoms with E-state index in [-0.39, 0.29) is 12.0 Å². The average Bonchev–Trinajstić information content (AvgIpc) is 2.25. The summed E-state index contributed by atoms with van der Waals surface area (Å²) in [6, 6.07) is -0.0978. The van der Waals surface area contributed by atoms with Crippen LogP contribution in [0.2, 0.25) is 0 Å². The number of hydrogen-bond donors (Lipinski definition) is 2. The Morgan fingerprint density at radius 3 is 2.22 bits per heavy atom. The average molecular weight is 271 g/mol. The molecule has 0 bridgehead atoms. The summed E-state index contributed by atoms with van der Waals surface area (Å²) in [6.45, 7) is 5.72. The molecule has 106 valence electrons. The monoisotopic (exact) mass is 271 g/mol. The Morgan fingerprint density at radius 2 is 1.94 bits per heavy atom. The molecule has 5 nitrogen and oxygen atoms in total. The van der Waals surface area contributed by atoms with Gasteiger partial charge in [-0.2, -0.15) is 13.2 Å². The van der Waals surface area contributed by atoms with Crippen molar-refractivity contribution in [3.63, 3.8) is 0 Å². The maximum Gasteiger partial charge on any atom is 0.490 e. The van der Waals surface area contributed by atoms with Gasteiger partial charge in [-0.3, -0.25) is 4.79 Å². The van der Waals surface area contributed by atoms with Gasteiger partial charge in [-0.25, -0.2) is 4.79 Å². The predicted octanol–water partition coefficient (Wildman–Crippen LogP) is 1.48. The highest BCUT2D eigenvalue weighted by Crippen LogP contribution is 2.13. The van der Waals surface area contributed by atoms with Crippen LogP contribution in [0.1, 0.15) is 19.8 Å². The van der Waals surface area contributed by atoms with Crippen molar-refractivity contribution in [3.05, 3.63) is 12.7 Å². The van der Waals surface area contributed by atoms with E-state index in [1.807, 2.05) is 0 Å². The quantitative estimate of drug-likeness (QED) is 0.584. The van der Waals surface area contributed by atoms with Crippen molar-refractivity contribution in [1.82, 2.24) is 0 Å². The van der Waals surface area contributed by atoms with Gasteiger partial charge in [0.05, 0.1) is 6.61 Å². The first-order valence-electron chi connectivity index (χ1n) is 4.99. The molecule has 0 aliphatic rings. The van der Waals surface area contributed by atoms with Gasteiger partial charge in [0.2, 0.25) is 0 Å². The van der Waals surface area contributed by atoms with E-state index in [0.717, 1.165) is 0 Å². The molecule has 0 spiro atoms. The van der Waals surface area contributed by atoms with Crippen LogP contribution in [0, 0.1) is 0 Å². The molecule has 0 amide bonds. The normalized spacial score (nSPS) is 11.8. The number of alkyl halides is 3. The molecule has 0 aromatic heterocycles. The molecule has 3 N–H and O–H groups in total. The van der Waals surface area contributed by atoms with E-state index >= 15 is 0 Å². The number of carbonyl (C=O) groups excluding carboxylic acids is 1. The first-order chi connectivity index (χ1) is 8.15. The summed E-state index contributed by atoms with van der Waals surface area (Å²) >= 11 is 0. The fourth-order valence-corrected chi connectivity index (χ4v) is 0.636. The van der Waals surface area contributed by atoms with E-state index in [2.05, 4.69) is 6.58 Å². The number of aliphatic carboxylic acids is 1. The van der Waals surface area contributed by atoms with Crippen LogP contribution in [0.25, 0.3) is 0 Å². The molecule has 0 aromatic carbocycles. The molecule has 0 saturated carbocycles. The zero-order valence-corrected chi connectivity index (χ0v) is 9.87. The lowest BCUT2D eigenvalue weighted by atomic mass is 10.2. The number of halogens is 3. The third-order valence-corrected chi connectivity index (χ3v) is 1.53. The summed E-state index contributed by atoms with van der Waals surface area (Å²) in [5.74, 6) is -2.95. The molecule has 8 heteroatoms. The number of carboxylic acid groups (broad SMARTS) is 1. The third kappa shape index (κ3) is 12.5. The minimum absolute atomic E-state index is 0.0978. The molecule has 1 atom stereocenters. The molecule has 0 rings (SSSR count). The van der Waals surface area contributed by atoms with Gasteiger partial charge >= 0.3 is 18.1 Å². The first kappa shape index (κ1) is 18.8. The smallest absolute Gasteiger partial charge is 0.475 e. The second-order valence-corrected chi connectivity index (χ2v) is 3.05. The van der Waals surface area contributed by atoms with Crippen molar-refractivity contribution in [2.75, 3.05) is 6.61 Å². The summed E-state index contributed by atoms with van der Waals surface area (Å²) in [4.78, 5) is 19.6. The Balaban J connectivity index is 0. The fraction of sp³-hybridized carbons (Fsp3) is 0.600. The predicted molar refractivity (Wildman–Crippen MR) is 57.7 cm³/mol. The van der Waals surface area contributed by atoms with Crippen LogP contribution < -0.4 is 5.73 Å². The molecule has 18 heavy (non-hydrogen) atoms. The van der Waals surface area contributed by atoms with Gasteiger partial charge in [0, 0.05) is 12.5 Å². The van der Waals surface area contributed by atoms with Crippen LogP contribution in [-0.2, 0) is 14.3 Å². The third-order valence-electron chi connectivity index (χ3n) is 1.53. The van der Waals surface area contributed by atoms with Gasteiger partial charge < -0.3 is 15.6 Å². The molecule has 0 radical (unpaired) electrons. The van der Waals surface area contributed by atoms with Crippen molar-refractivity contribution in [2.45, 2.75) is 32.0 Å². The molecule has 0 aromatic rings. The summed E-state index contributed by atoms with van der Waals surface area (Å²) in [7, 11) is 0. The number of nitrogens with two attached hydrogens (primary N) is 1. The maximum absolute atomic E-state index is 10.8. The minimum Gasteiger partial charge on any atom is -0.475 e. The Bertz CT molecular complexity index is 279. The summed E-state index contributed by atoms with van der Waals surface area (Å²) in [6.07, 6.45) is -2.47. The molecule has 0 fully saturated rings. The van der Waals surface area contributed by atoms with E-state index in [0.29, 0.717) is 19.4 Å². The standard InChI is InChI=1S/C8H15NO2.C2HF3O2/c1-3-7(9)5-6-8(10)11-4-2;3-2(4,5)1(6)7/h3,7H,1,4-6,9H2,2H3;(H,6,7). The van der Waals surface area contributed by atoms with Crippen LogP contribution in [0.3, 0.4) is 0 Å². The van der Waals surface area contributed by atoms with Crippen LogP contribution in [0.4, 0.5) is 13.2 Å². The van der Waals surface area contributed by atoms with Crippen LogP contribution in [0.5, 0.6) is 0 Å². The number of carbonyl (C=O) groups is 2. The van der Waals surface area contributed by atoms with E-state index in [1.54, 1.807) is 13.0 Å². The van der Waals surface area contributed by atoms with Crippen LogP contribution in [-0.4, -0.2) is 35.9 Å². The SMILES string of the molecule is C=CC(N)CCC(=O)OCC.O=C(O)C(F)(F)F. The molecular formula is C10H16F3NO4. The lowest BCUT2D eigenvalue weighted by Crippen LogP contribution is -2.21. The Labute approximate surface area is 102 Å². The van der Waals surface area contributed by atoms with E-state index in [4.69, 9.17) is 20.4 Å². The fourth-order valence-electron chi connectivity index (χ4n) is 0.636. The zero-order chi connectivity index (χ0) is 14.8. The summed E-state index contributed by atoms with van der Waals surface area (Å²) < 4.78 is 36.4. The highest BCUT2D eigenvalue weighted by atomic mass is 19.4. The van der Waals surface area contributed by atoms with Gasteiger partial charge in [-0.05, 0) is 13.3 Å². The van der Waals surface area contributed by atoms with Crippen molar-refractivity contribution in [3.8, 4) is 0 Å². The number of esters is 1. The first-order valence-corrected chi connectivity index (χ1v) is 4.99. The Kier molecular flexibility index (Phi) is 9.87. The lowest BCUT2D eigenvalue weighted by molar-refractivity contribution is -0.192. The second kappa shape index (κ2) is 9.46. The number of carboxylic acids is 1. The van der Waals surface area contributed by atoms with E-state index < -0.39 is 12.1 Å². The molecule has 0 heterocycles. The maximum atomic E-state index is 10.8. The van der Waals surface area contributed by atoms with Gasteiger partial charge in [-0.15, -0.1) is 6.58 Å². The Hall–Kier alpha value is -1.57. The van der Waals surface area contributed by atoms with E-state index in [9.17, 15) is 18.0 Å². The van der Waals surface area contributed by atoms with Gasteiger partial charge in [0.1, 0.15) is 0 Å². The van der Waals surface area contributed by atoms with Gasteiger partial charge in [0.25, 0.3) is 0 Å². The van der Waals surface area contributed by atoms with Gasteiger partial charge in [0.15, 0.2) is 0 Å². The van der Waals surface area contributed by atoms with Crippen LogP contribution in [0.15, 0.2) is 12.7 Å². The number of rotatable bonds is 5. The van der Waals surface area contributed by atoms with Crippen molar-refractivity contribution in [1.29, 1.82) is 0 Å². The van der Waals surface area contributed by atoms with E-state index in [1.165, 1.54) is 0 Å². The summed E-state index contributed by atoms with van der Waals surface area (Å²) in [5, 5.41) is 7.12. The molecular weight excluding hydrogens is 255 g/mol. The number of ether oxygens (including phenoxy) is 1. The Morgan fingerprint density at radius 1 is 1.50 bits per heavy atom. The minimum atomic E-state index is -5.08. The van der Waals surface area contributed by atoms with Crippen molar-refractivity contribution < 1.29 is 32.6 Å². The van der Waals surface area contributed by atoms with Crippen molar-refractivity contribution in [2.24, 2.45) is 5.73 Å². The van der Waals surface area contributed by atoms with Gasteiger partial charge in [-0.1, -0.05) is 6.08 Å². The molecule has 0 saturated heterocycles. The molecule has 1 unspecified atom stereocenters. The van der Waals surface area contributed by atoms with Crippen molar-refractivity contribution >= 4 is 11.9 Å².